The lowest BCUT2D eigenvalue weighted by Gasteiger charge is -2.60. The summed E-state index contributed by atoms with van der Waals surface area (Å²) in [4.78, 5) is 24.0. The number of ether oxygens (including phenoxy) is 1. The van der Waals surface area contributed by atoms with Crippen molar-refractivity contribution in [1.29, 1.82) is 0 Å². The predicted octanol–water partition coefficient (Wildman–Crippen LogP) is 5.86. The first-order chi connectivity index (χ1) is 20.4. The molecule has 0 saturated carbocycles. The molecular formula is C30H31Cl2N7O2S. The number of pyridine rings is 2. The van der Waals surface area contributed by atoms with Gasteiger partial charge in [-0.05, 0) is 50.1 Å². The summed E-state index contributed by atoms with van der Waals surface area (Å²) in [5.41, 5.74) is 3.77. The van der Waals surface area contributed by atoms with Crippen LogP contribution in [0.15, 0.2) is 48.9 Å². The van der Waals surface area contributed by atoms with Gasteiger partial charge in [-0.3, -0.25) is 14.9 Å². The lowest BCUT2D eigenvalue weighted by atomic mass is 9.74. The van der Waals surface area contributed by atoms with E-state index < -0.39 is 0 Å². The Bertz CT molecular complexity index is 1580. The first kappa shape index (κ1) is 27.8. The van der Waals surface area contributed by atoms with Crippen molar-refractivity contribution in [2.24, 2.45) is 5.41 Å². The number of carbonyl (C=O) groups is 1. The van der Waals surface area contributed by atoms with E-state index in [9.17, 15) is 4.79 Å². The van der Waals surface area contributed by atoms with Crippen LogP contribution >= 0.6 is 35.1 Å². The molecule has 12 heteroatoms. The summed E-state index contributed by atoms with van der Waals surface area (Å²) in [6.45, 7) is 8.01. The van der Waals surface area contributed by atoms with Crippen molar-refractivity contribution in [3.05, 3.63) is 64.5 Å². The van der Waals surface area contributed by atoms with Crippen molar-refractivity contribution in [2.75, 3.05) is 44.2 Å². The molecule has 1 N–H and O–H groups in total. The molecule has 0 aliphatic carbocycles. The van der Waals surface area contributed by atoms with Crippen LogP contribution in [0, 0.1) is 5.41 Å². The van der Waals surface area contributed by atoms with Crippen LogP contribution in [-0.4, -0.2) is 80.3 Å². The van der Waals surface area contributed by atoms with Gasteiger partial charge in [0.05, 0.1) is 15.6 Å². The van der Waals surface area contributed by atoms with Crippen LogP contribution in [0.3, 0.4) is 0 Å². The SMILES string of the molecule is C[C@@H](Oc1ccc2[nH]nc(-c3ccc(N4CC5(CN(SC6CCN(C=O)CC6)C5)C4)nc3)c2c1)c1c(Cl)cncc1Cl. The molecule has 7 rings (SSSR count). The molecule has 9 nitrogen and oxygen atoms in total. The molecule has 0 bridgehead atoms. The van der Waals surface area contributed by atoms with E-state index in [1.54, 1.807) is 12.4 Å². The Balaban J connectivity index is 0.970. The summed E-state index contributed by atoms with van der Waals surface area (Å²) >= 11 is 14.7. The number of hydrogen-bond donors (Lipinski definition) is 1. The van der Waals surface area contributed by atoms with Crippen LogP contribution in [0.5, 0.6) is 5.75 Å². The Kier molecular flexibility index (Phi) is 7.42. The van der Waals surface area contributed by atoms with Crippen molar-refractivity contribution in [1.82, 2.24) is 29.4 Å². The van der Waals surface area contributed by atoms with Crippen LogP contribution in [0.25, 0.3) is 22.2 Å². The monoisotopic (exact) mass is 623 g/mol. The fourth-order valence-electron chi connectivity index (χ4n) is 6.27. The number of nitrogens with one attached hydrogen (secondary N) is 1. The average molecular weight is 625 g/mol. The molecule has 4 aromatic rings. The van der Waals surface area contributed by atoms with E-state index in [0.717, 1.165) is 86.5 Å². The van der Waals surface area contributed by atoms with Crippen LogP contribution in [0.4, 0.5) is 5.82 Å². The van der Waals surface area contributed by atoms with E-state index >= 15 is 0 Å². The van der Waals surface area contributed by atoms with E-state index in [4.69, 9.17) is 32.9 Å². The summed E-state index contributed by atoms with van der Waals surface area (Å²) in [5.74, 6) is 1.69. The molecule has 3 aliphatic rings. The minimum atomic E-state index is -0.357. The van der Waals surface area contributed by atoms with Gasteiger partial charge in [-0.15, -0.1) is 0 Å². The number of halogens is 2. The first-order valence-corrected chi connectivity index (χ1v) is 15.8. The molecule has 6 heterocycles. The molecule has 42 heavy (non-hydrogen) atoms. The third kappa shape index (κ3) is 5.30. The molecule has 1 aromatic carbocycles. The number of anilines is 1. The molecule has 3 aliphatic heterocycles. The van der Waals surface area contributed by atoms with Gasteiger partial charge in [0.15, 0.2) is 0 Å². The van der Waals surface area contributed by atoms with Gasteiger partial charge >= 0.3 is 0 Å². The fourth-order valence-corrected chi connectivity index (χ4v) is 8.48. The maximum Gasteiger partial charge on any atom is 0.209 e. The predicted molar refractivity (Wildman–Crippen MR) is 167 cm³/mol. The molecule has 3 aromatic heterocycles. The summed E-state index contributed by atoms with van der Waals surface area (Å²) in [7, 11) is 0. The number of carbonyl (C=O) groups excluding carboxylic acids is 1. The highest BCUT2D eigenvalue weighted by atomic mass is 35.5. The molecule has 1 spiro atoms. The Morgan fingerprint density at radius 1 is 1.07 bits per heavy atom. The zero-order valence-corrected chi connectivity index (χ0v) is 25.5. The van der Waals surface area contributed by atoms with Crippen LogP contribution in [0.2, 0.25) is 10.0 Å². The lowest BCUT2D eigenvalue weighted by molar-refractivity contribution is -0.118. The minimum absolute atomic E-state index is 0.357. The molecule has 1 atom stereocenters. The van der Waals surface area contributed by atoms with Gasteiger partial charge in [-0.1, -0.05) is 35.1 Å². The smallest absolute Gasteiger partial charge is 0.209 e. The van der Waals surface area contributed by atoms with Gasteiger partial charge in [0, 0.05) is 85.0 Å². The third-order valence-electron chi connectivity index (χ3n) is 8.49. The second kappa shape index (κ2) is 11.2. The Labute approximate surface area is 258 Å². The number of benzene rings is 1. The number of rotatable bonds is 8. The number of nitrogens with zero attached hydrogens (tertiary/aromatic N) is 6. The van der Waals surface area contributed by atoms with Crippen molar-refractivity contribution < 1.29 is 9.53 Å². The van der Waals surface area contributed by atoms with E-state index in [0.29, 0.717) is 32.0 Å². The summed E-state index contributed by atoms with van der Waals surface area (Å²) in [6, 6.07) is 10.0. The number of H-pyrrole nitrogens is 1. The van der Waals surface area contributed by atoms with Crippen LogP contribution in [0.1, 0.15) is 31.4 Å². The summed E-state index contributed by atoms with van der Waals surface area (Å²) in [5, 5.41) is 10.2. The average Bonchev–Trinajstić information content (AvgIpc) is 3.37. The first-order valence-electron chi connectivity index (χ1n) is 14.2. The zero-order chi connectivity index (χ0) is 28.8. The Hall–Kier alpha value is -3.05. The van der Waals surface area contributed by atoms with Crippen molar-refractivity contribution in [3.63, 3.8) is 0 Å². The summed E-state index contributed by atoms with van der Waals surface area (Å²) in [6.07, 6.45) is 7.83. The zero-order valence-electron chi connectivity index (χ0n) is 23.2. The fraction of sp³-hybridized carbons (Fsp3) is 0.400. The second-order valence-corrected chi connectivity index (χ2v) is 13.8. The van der Waals surface area contributed by atoms with E-state index in [2.05, 4.69) is 36.5 Å². The highest BCUT2D eigenvalue weighted by Gasteiger charge is 2.52. The minimum Gasteiger partial charge on any atom is -0.486 e. The van der Waals surface area contributed by atoms with Crippen molar-refractivity contribution in [2.45, 2.75) is 31.1 Å². The van der Waals surface area contributed by atoms with Crippen molar-refractivity contribution in [3.8, 4) is 17.0 Å². The summed E-state index contributed by atoms with van der Waals surface area (Å²) < 4.78 is 8.73. The van der Waals surface area contributed by atoms with Gasteiger partial charge in [-0.25, -0.2) is 9.29 Å². The largest absolute Gasteiger partial charge is 0.486 e. The molecule has 0 radical (unpaired) electrons. The number of likely N-dealkylation sites (tertiary alicyclic amines) is 1. The highest BCUT2D eigenvalue weighted by molar-refractivity contribution is 7.97. The molecule has 1 amide bonds. The molecular weight excluding hydrogens is 593 g/mol. The number of fused-ring (bicyclic) bond motifs is 1. The van der Waals surface area contributed by atoms with E-state index in [1.807, 2.05) is 48.2 Å². The quantitative estimate of drug-likeness (QED) is 0.193. The number of piperidine rings is 1. The van der Waals surface area contributed by atoms with E-state index in [1.165, 1.54) is 0 Å². The highest BCUT2D eigenvalue weighted by Crippen LogP contribution is 2.46. The van der Waals surface area contributed by atoms with Gasteiger partial charge in [-0.2, -0.15) is 5.10 Å². The number of aromatic amines is 1. The van der Waals surface area contributed by atoms with Crippen LogP contribution in [-0.2, 0) is 4.79 Å². The normalized spacial score (nSPS) is 19.5. The standard InChI is InChI=1S/C30H31Cl2N7O2S/c1-19(28-24(31)12-33-13-25(28)32)41-21-3-4-26-23(10-21)29(36-35-26)20-2-5-27(34-11-20)38-14-30(15-38)16-39(17-30)42-22-6-8-37(18-40)9-7-22/h2-5,10-13,18-19,22H,6-9,14-17H2,1H3,(H,35,36)/t19-/m1/s1. The maximum absolute atomic E-state index is 11.0. The second-order valence-electron chi connectivity index (χ2n) is 11.6. The van der Waals surface area contributed by atoms with Crippen molar-refractivity contribution >= 4 is 58.3 Å². The van der Waals surface area contributed by atoms with Gasteiger partial charge in [0.1, 0.15) is 23.4 Å². The van der Waals surface area contributed by atoms with Gasteiger partial charge in [0.2, 0.25) is 6.41 Å². The van der Waals surface area contributed by atoms with E-state index in [-0.39, 0.29) is 6.10 Å². The van der Waals surface area contributed by atoms with Gasteiger partial charge < -0.3 is 14.5 Å². The number of amides is 1. The molecule has 0 unspecified atom stereocenters. The lowest BCUT2D eigenvalue weighted by Crippen LogP contribution is -2.71. The Morgan fingerprint density at radius 3 is 2.52 bits per heavy atom. The molecule has 3 saturated heterocycles. The van der Waals surface area contributed by atoms with Gasteiger partial charge in [0.25, 0.3) is 0 Å². The topological polar surface area (TPSA) is 90.5 Å². The molecule has 218 valence electrons. The number of aromatic nitrogens is 4. The maximum atomic E-state index is 11.0. The van der Waals surface area contributed by atoms with Crippen LogP contribution < -0.4 is 9.64 Å². The Morgan fingerprint density at radius 2 is 1.83 bits per heavy atom. The molecule has 3 fully saturated rings. The third-order valence-corrected chi connectivity index (χ3v) is 10.4. The number of hydrogen-bond acceptors (Lipinski definition) is 8.